The summed E-state index contributed by atoms with van der Waals surface area (Å²) in [7, 11) is 0. The number of pyridine rings is 1. The van der Waals surface area contributed by atoms with E-state index in [-0.39, 0.29) is 12.0 Å². The molecule has 6 heteroatoms. The van der Waals surface area contributed by atoms with E-state index in [9.17, 15) is 9.59 Å². The van der Waals surface area contributed by atoms with Crippen molar-refractivity contribution in [3.8, 4) is 5.75 Å². The molecule has 6 nitrogen and oxygen atoms in total. The Labute approximate surface area is 146 Å². The second-order valence-corrected chi connectivity index (χ2v) is 6.11. The number of hydrogen-bond donors (Lipinski definition) is 1. The summed E-state index contributed by atoms with van der Waals surface area (Å²) in [5, 5.41) is 0. The van der Waals surface area contributed by atoms with E-state index in [1.807, 2.05) is 30.3 Å². The van der Waals surface area contributed by atoms with Crippen LogP contribution in [0.25, 0.3) is 0 Å². The maximum absolute atomic E-state index is 12.6. The van der Waals surface area contributed by atoms with Crippen molar-refractivity contribution in [2.75, 3.05) is 6.54 Å². The molecular formula is C19H21N3O3. The Balaban J connectivity index is 1.62. The molecule has 0 saturated carbocycles. The van der Waals surface area contributed by atoms with E-state index in [1.54, 1.807) is 29.4 Å². The Hall–Kier alpha value is -2.89. The molecule has 2 aromatic rings. The molecule has 1 saturated heterocycles. The summed E-state index contributed by atoms with van der Waals surface area (Å²) < 4.78 is 5.83. The number of aryl methyl sites for hydroxylation is 1. The van der Waals surface area contributed by atoms with Crippen LogP contribution in [-0.2, 0) is 16.0 Å². The lowest BCUT2D eigenvalue weighted by molar-refractivity contribution is -0.137. The maximum Gasteiger partial charge on any atom is 0.240 e. The normalized spacial score (nSPS) is 19.6. The Morgan fingerprint density at radius 2 is 2.00 bits per heavy atom. The monoisotopic (exact) mass is 339 g/mol. The van der Waals surface area contributed by atoms with Gasteiger partial charge in [0.15, 0.2) is 0 Å². The zero-order chi connectivity index (χ0) is 17.6. The molecule has 2 atom stereocenters. The van der Waals surface area contributed by atoms with E-state index in [0.717, 1.165) is 5.56 Å². The summed E-state index contributed by atoms with van der Waals surface area (Å²) in [6, 6.07) is 12.7. The number of nitrogens with zero attached hydrogens (tertiary/aromatic N) is 2. The van der Waals surface area contributed by atoms with Gasteiger partial charge in [0.2, 0.25) is 11.8 Å². The van der Waals surface area contributed by atoms with Crippen molar-refractivity contribution in [1.82, 2.24) is 9.88 Å². The molecule has 3 rings (SSSR count). The first kappa shape index (κ1) is 17.0. The summed E-state index contributed by atoms with van der Waals surface area (Å²) in [4.78, 5) is 29.9. The van der Waals surface area contributed by atoms with Crippen molar-refractivity contribution < 1.29 is 14.3 Å². The second-order valence-electron chi connectivity index (χ2n) is 6.11. The fourth-order valence-electron chi connectivity index (χ4n) is 3.08. The Bertz CT molecular complexity index is 721. The van der Waals surface area contributed by atoms with Crippen LogP contribution in [-0.4, -0.2) is 40.4 Å². The third-order valence-corrected chi connectivity index (χ3v) is 4.32. The maximum atomic E-state index is 12.6. The molecule has 0 aliphatic carbocycles. The first-order valence-corrected chi connectivity index (χ1v) is 8.33. The van der Waals surface area contributed by atoms with E-state index in [2.05, 4.69) is 4.98 Å². The third-order valence-electron chi connectivity index (χ3n) is 4.32. The smallest absolute Gasteiger partial charge is 0.240 e. The van der Waals surface area contributed by atoms with Gasteiger partial charge in [-0.3, -0.25) is 14.6 Å². The molecule has 2 N–H and O–H groups in total. The average molecular weight is 339 g/mol. The average Bonchev–Trinajstić information content (AvgIpc) is 3.06. The van der Waals surface area contributed by atoms with Crippen LogP contribution in [0.1, 0.15) is 18.4 Å². The van der Waals surface area contributed by atoms with Gasteiger partial charge in [-0.2, -0.15) is 0 Å². The van der Waals surface area contributed by atoms with Gasteiger partial charge < -0.3 is 15.4 Å². The number of aromatic nitrogens is 1. The Morgan fingerprint density at radius 1 is 1.20 bits per heavy atom. The van der Waals surface area contributed by atoms with Crippen molar-refractivity contribution in [2.24, 2.45) is 5.73 Å². The standard InChI is InChI=1S/C19H21N3O3/c20-19(24)17-11-16(25-15-7-4-10-21-12-15)13-22(17)18(23)9-8-14-5-2-1-3-6-14/h1-7,10,12,16-17H,8-9,11,13H2,(H2,20,24)/t16-,17-/m0/s1. The van der Waals surface area contributed by atoms with Crippen LogP contribution in [0.5, 0.6) is 5.75 Å². The van der Waals surface area contributed by atoms with Gasteiger partial charge in [-0.1, -0.05) is 30.3 Å². The van der Waals surface area contributed by atoms with E-state index >= 15 is 0 Å². The van der Waals surface area contributed by atoms with Crippen LogP contribution in [0.15, 0.2) is 54.9 Å². The quantitative estimate of drug-likeness (QED) is 0.865. The molecule has 1 aromatic heterocycles. The fraction of sp³-hybridized carbons (Fsp3) is 0.316. The molecule has 130 valence electrons. The second kappa shape index (κ2) is 7.79. The van der Waals surface area contributed by atoms with Crippen molar-refractivity contribution in [3.05, 3.63) is 60.4 Å². The summed E-state index contributed by atoms with van der Waals surface area (Å²) in [5.74, 6) is 0.0459. The fourth-order valence-corrected chi connectivity index (χ4v) is 3.08. The highest BCUT2D eigenvalue weighted by atomic mass is 16.5. The predicted molar refractivity (Wildman–Crippen MR) is 92.7 cm³/mol. The topological polar surface area (TPSA) is 85.5 Å². The minimum Gasteiger partial charge on any atom is -0.487 e. The van der Waals surface area contributed by atoms with Crippen molar-refractivity contribution in [3.63, 3.8) is 0 Å². The van der Waals surface area contributed by atoms with Crippen LogP contribution < -0.4 is 10.5 Å². The Morgan fingerprint density at radius 3 is 2.68 bits per heavy atom. The summed E-state index contributed by atoms with van der Waals surface area (Å²) in [5.41, 5.74) is 6.58. The van der Waals surface area contributed by atoms with Crippen LogP contribution in [0, 0.1) is 0 Å². The lowest BCUT2D eigenvalue weighted by Gasteiger charge is -2.21. The molecule has 1 aliphatic rings. The van der Waals surface area contributed by atoms with Gasteiger partial charge >= 0.3 is 0 Å². The molecular weight excluding hydrogens is 318 g/mol. The van der Waals surface area contributed by atoms with Gasteiger partial charge in [0.1, 0.15) is 17.9 Å². The molecule has 25 heavy (non-hydrogen) atoms. The predicted octanol–water partition coefficient (Wildman–Crippen LogP) is 1.55. The van der Waals surface area contributed by atoms with Gasteiger partial charge in [-0.15, -0.1) is 0 Å². The molecule has 1 fully saturated rings. The summed E-state index contributed by atoms with van der Waals surface area (Å²) in [6.45, 7) is 0.357. The minimum absolute atomic E-state index is 0.0788. The lowest BCUT2D eigenvalue weighted by Crippen LogP contribution is -2.43. The van der Waals surface area contributed by atoms with Crippen LogP contribution in [0.3, 0.4) is 0 Å². The number of hydrogen-bond acceptors (Lipinski definition) is 4. The first-order valence-electron chi connectivity index (χ1n) is 8.33. The van der Waals surface area contributed by atoms with Crippen LogP contribution in [0.4, 0.5) is 0 Å². The first-order chi connectivity index (χ1) is 12.1. The van der Waals surface area contributed by atoms with Gasteiger partial charge in [0.25, 0.3) is 0 Å². The molecule has 1 aromatic carbocycles. The van der Waals surface area contributed by atoms with Crippen molar-refractivity contribution in [1.29, 1.82) is 0 Å². The number of rotatable bonds is 6. The molecule has 0 spiro atoms. The van der Waals surface area contributed by atoms with Gasteiger partial charge in [0, 0.05) is 19.0 Å². The highest BCUT2D eigenvalue weighted by Gasteiger charge is 2.39. The zero-order valence-corrected chi connectivity index (χ0v) is 13.9. The van der Waals surface area contributed by atoms with Crippen LogP contribution in [0.2, 0.25) is 0 Å². The number of benzene rings is 1. The van der Waals surface area contributed by atoms with Crippen molar-refractivity contribution >= 4 is 11.8 Å². The lowest BCUT2D eigenvalue weighted by atomic mass is 10.1. The number of carbonyl (C=O) groups is 2. The largest absolute Gasteiger partial charge is 0.487 e. The molecule has 0 bridgehead atoms. The number of amides is 2. The number of primary amides is 1. The molecule has 2 amide bonds. The third kappa shape index (κ3) is 4.35. The highest BCUT2D eigenvalue weighted by molar-refractivity contribution is 5.87. The number of nitrogens with two attached hydrogens (primary N) is 1. The summed E-state index contributed by atoms with van der Waals surface area (Å²) >= 11 is 0. The van der Waals surface area contributed by atoms with E-state index in [1.165, 1.54) is 0 Å². The summed E-state index contributed by atoms with van der Waals surface area (Å²) in [6.07, 6.45) is 4.39. The molecule has 2 heterocycles. The highest BCUT2D eigenvalue weighted by Crippen LogP contribution is 2.23. The zero-order valence-electron chi connectivity index (χ0n) is 13.9. The number of likely N-dealkylation sites (tertiary alicyclic amines) is 1. The van der Waals surface area contributed by atoms with E-state index in [0.29, 0.717) is 31.6 Å². The molecule has 1 aliphatic heterocycles. The number of carbonyl (C=O) groups excluding carboxylic acids is 2. The van der Waals surface area contributed by atoms with E-state index < -0.39 is 11.9 Å². The SMILES string of the molecule is NC(=O)[C@@H]1C[C@H](Oc2cccnc2)CN1C(=O)CCc1ccccc1. The van der Waals surface area contributed by atoms with Gasteiger partial charge in [0.05, 0.1) is 12.7 Å². The van der Waals surface area contributed by atoms with Crippen molar-refractivity contribution in [2.45, 2.75) is 31.4 Å². The van der Waals surface area contributed by atoms with Crippen LogP contribution >= 0.6 is 0 Å². The van der Waals surface area contributed by atoms with Gasteiger partial charge in [-0.25, -0.2) is 0 Å². The molecule has 0 unspecified atom stereocenters. The van der Waals surface area contributed by atoms with Gasteiger partial charge in [-0.05, 0) is 24.1 Å². The minimum atomic E-state index is -0.620. The molecule has 0 radical (unpaired) electrons. The number of ether oxygens (including phenoxy) is 1. The van der Waals surface area contributed by atoms with E-state index in [4.69, 9.17) is 10.5 Å². The Kier molecular flexibility index (Phi) is 5.28.